The number of carbonyl (C=O) groups excluding carboxylic acids is 4. The number of imidazole rings is 2. The molecule has 4 aromatic rings. The van der Waals surface area contributed by atoms with E-state index in [9.17, 15) is 19.2 Å². The maximum absolute atomic E-state index is 13.7. The summed E-state index contributed by atoms with van der Waals surface area (Å²) in [5, 5.41) is 5.41. The quantitative estimate of drug-likeness (QED) is 0.129. The number of fused-ring (bicyclic) bond motifs is 3. The summed E-state index contributed by atoms with van der Waals surface area (Å²) in [6.07, 6.45) is 5.43. The molecule has 4 N–H and O–H groups in total. The molecule has 2 saturated heterocycles. The molecule has 2 fully saturated rings. The maximum atomic E-state index is 13.7. The number of likely N-dealkylation sites (tertiary alicyclic amines) is 2. The number of carbonyl (C=O) groups is 4. The van der Waals surface area contributed by atoms with Crippen LogP contribution in [0, 0.1) is 17.3 Å². The number of aromatic nitrogens is 4. The van der Waals surface area contributed by atoms with Crippen LogP contribution in [0.15, 0.2) is 48.8 Å². The van der Waals surface area contributed by atoms with E-state index in [0.717, 1.165) is 59.3 Å². The van der Waals surface area contributed by atoms with Gasteiger partial charge >= 0.3 is 12.2 Å². The van der Waals surface area contributed by atoms with Gasteiger partial charge in [-0.2, -0.15) is 0 Å². The minimum absolute atomic E-state index is 0.132. The second-order valence-electron chi connectivity index (χ2n) is 17.6. The Hall–Kier alpha value is -6.06. The molecule has 0 saturated carbocycles. The summed E-state index contributed by atoms with van der Waals surface area (Å²) < 4.78 is 22.7. The zero-order valence-electron chi connectivity index (χ0n) is 36.3. The molecule has 0 unspecified atom stereocenters. The number of aromatic amines is 2. The van der Waals surface area contributed by atoms with Gasteiger partial charge in [-0.3, -0.25) is 9.59 Å². The summed E-state index contributed by atoms with van der Waals surface area (Å²) in [7, 11) is 2.57. The van der Waals surface area contributed by atoms with Gasteiger partial charge in [0.25, 0.3) is 0 Å². The van der Waals surface area contributed by atoms with Crippen LogP contribution in [-0.2, 0) is 19.1 Å². The van der Waals surface area contributed by atoms with Crippen molar-refractivity contribution in [3.63, 3.8) is 0 Å². The van der Waals surface area contributed by atoms with Crippen molar-refractivity contribution in [3.05, 3.63) is 60.4 Å². The third-order valence-corrected chi connectivity index (χ3v) is 11.8. The highest BCUT2D eigenvalue weighted by molar-refractivity contribution is 5.87. The average Bonchev–Trinajstić information content (AvgIpc) is 4.09. The highest BCUT2D eigenvalue weighted by Crippen LogP contribution is 2.43. The Labute approximate surface area is 356 Å². The molecule has 3 aliphatic rings. The van der Waals surface area contributed by atoms with Crippen LogP contribution in [0.25, 0.3) is 33.6 Å². The third-order valence-electron chi connectivity index (χ3n) is 11.8. The number of hydrogen-bond donors (Lipinski definition) is 4. The summed E-state index contributed by atoms with van der Waals surface area (Å²) in [5.74, 6) is 2.17. The Morgan fingerprint density at radius 3 is 1.49 bits per heavy atom. The molecule has 16 nitrogen and oxygen atoms in total. The first kappa shape index (κ1) is 43.0. The third kappa shape index (κ3) is 9.17. The normalized spacial score (nSPS) is 19.4. The summed E-state index contributed by atoms with van der Waals surface area (Å²) >= 11 is 0. The van der Waals surface area contributed by atoms with Crippen LogP contribution in [0.3, 0.4) is 0 Å². The predicted molar refractivity (Wildman–Crippen MR) is 228 cm³/mol. The molecule has 326 valence electrons. The molecule has 16 heteroatoms. The maximum Gasteiger partial charge on any atom is 0.407 e. The van der Waals surface area contributed by atoms with Crippen LogP contribution in [0.5, 0.6) is 11.5 Å². The van der Waals surface area contributed by atoms with Gasteiger partial charge in [0.1, 0.15) is 35.2 Å². The second kappa shape index (κ2) is 17.9. The Bertz CT molecular complexity index is 2090. The number of methoxy groups -OCH3 is 2. The molecule has 61 heavy (non-hydrogen) atoms. The molecule has 7 rings (SSSR count). The van der Waals surface area contributed by atoms with E-state index in [1.165, 1.54) is 14.2 Å². The predicted octanol–water partition coefficient (Wildman–Crippen LogP) is 7.02. The van der Waals surface area contributed by atoms with Crippen LogP contribution in [-0.4, -0.2) is 106 Å². The minimum Gasteiger partial charge on any atom is -0.492 e. The van der Waals surface area contributed by atoms with Gasteiger partial charge in [-0.15, -0.1) is 0 Å². The monoisotopic (exact) mass is 838 g/mol. The summed E-state index contributed by atoms with van der Waals surface area (Å²) in [6, 6.07) is 10.2. The molecular weight excluding hydrogens is 781 g/mol. The van der Waals surface area contributed by atoms with Crippen LogP contribution in [0.1, 0.15) is 91.0 Å². The molecule has 4 amide bonds. The van der Waals surface area contributed by atoms with E-state index in [-0.39, 0.29) is 41.1 Å². The standard InChI is InChI=1S/C45H58N8O8/c1-25(2)37(50-43(56)58-7)41(54)52-17-9-11-33(52)39-46-21-31(48-39)27-13-15-29-30-16-14-28(20-36(30)61-24-45(5,6)23-60-35(29)19-27)32-22-47-40(49-32)34-12-10-18-53(34)42(55)38(26(3)4)51-44(57)59-8/h13-16,19-22,25-26,33-34,37-38H,9-12,17-18,23-24H2,1-8H3,(H,46,48)(H,47,49)(H,50,56)(H,51,57)/t33-,34-,37-,38-/m0/s1. The highest BCUT2D eigenvalue weighted by atomic mass is 16.5. The van der Waals surface area contributed by atoms with Gasteiger partial charge in [0.2, 0.25) is 11.8 Å². The number of benzene rings is 2. The van der Waals surface area contributed by atoms with Crippen molar-refractivity contribution in [1.29, 1.82) is 0 Å². The number of nitrogens with zero attached hydrogens (tertiary/aromatic N) is 4. The van der Waals surface area contributed by atoms with E-state index in [1.54, 1.807) is 22.2 Å². The molecule has 0 bridgehead atoms. The SMILES string of the molecule is COC(=O)N[C@H](C(=O)N1CCC[C@H]1c1ncc(-c2ccc3c(c2)OCC(C)(C)COc2cc(-c4cnc([C@@H]5CCCN5C(=O)[C@@H](NC(=O)OC)C(C)C)[nH]4)ccc2-3)[nH]1)C(C)C. The number of hydrogen-bond acceptors (Lipinski definition) is 10. The number of rotatable bonds is 10. The first-order chi connectivity index (χ1) is 29.2. The van der Waals surface area contributed by atoms with E-state index in [4.69, 9.17) is 28.9 Å². The smallest absolute Gasteiger partial charge is 0.407 e. The Kier molecular flexibility index (Phi) is 12.6. The molecule has 0 radical (unpaired) electrons. The molecular formula is C45H58N8O8. The van der Waals surface area contributed by atoms with Crippen molar-refractivity contribution < 1.29 is 38.1 Å². The van der Waals surface area contributed by atoms with Crippen LogP contribution >= 0.6 is 0 Å². The van der Waals surface area contributed by atoms with E-state index >= 15 is 0 Å². The number of alkyl carbamates (subject to hydrolysis) is 2. The topological polar surface area (TPSA) is 193 Å². The Morgan fingerprint density at radius 1 is 0.705 bits per heavy atom. The zero-order chi connectivity index (χ0) is 43.6. The molecule has 3 aliphatic heterocycles. The van der Waals surface area contributed by atoms with Crippen molar-refractivity contribution >= 4 is 24.0 Å². The first-order valence-electron chi connectivity index (χ1n) is 21.1. The Morgan fingerprint density at radius 2 is 1.11 bits per heavy atom. The van der Waals surface area contributed by atoms with Crippen molar-refractivity contribution in [2.45, 2.75) is 91.4 Å². The van der Waals surface area contributed by atoms with Gasteiger partial charge in [0, 0.05) is 40.8 Å². The number of nitrogens with one attached hydrogen (secondary N) is 4. The Balaban J connectivity index is 1.13. The molecule has 5 heterocycles. The molecule has 0 aliphatic carbocycles. The molecule has 4 atom stereocenters. The van der Waals surface area contributed by atoms with Crippen LogP contribution in [0.4, 0.5) is 9.59 Å². The van der Waals surface area contributed by atoms with Gasteiger partial charge in [0.15, 0.2) is 0 Å². The minimum atomic E-state index is -0.719. The van der Waals surface area contributed by atoms with E-state index in [2.05, 4.69) is 34.4 Å². The number of amides is 4. The lowest BCUT2D eigenvalue weighted by atomic mass is 9.96. The first-order valence-corrected chi connectivity index (χ1v) is 21.1. The van der Waals surface area contributed by atoms with Crippen molar-refractivity contribution in [3.8, 4) is 45.1 Å². The highest BCUT2D eigenvalue weighted by Gasteiger charge is 2.39. The fraction of sp³-hybridized carbons (Fsp3) is 0.511. The molecule has 2 aromatic carbocycles. The van der Waals surface area contributed by atoms with Crippen molar-refractivity contribution in [2.24, 2.45) is 17.3 Å². The summed E-state index contributed by atoms with van der Waals surface area (Å²) in [6.45, 7) is 13.8. The van der Waals surface area contributed by atoms with E-state index in [1.807, 2.05) is 64.1 Å². The lowest BCUT2D eigenvalue weighted by Crippen LogP contribution is -2.51. The number of ether oxygens (including phenoxy) is 4. The van der Waals surface area contributed by atoms with Gasteiger partial charge in [0.05, 0.1) is 63.3 Å². The average molecular weight is 839 g/mol. The largest absolute Gasteiger partial charge is 0.492 e. The van der Waals surface area contributed by atoms with Crippen LogP contribution < -0.4 is 20.1 Å². The van der Waals surface area contributed by atoms with Gasteiger partial charge < -0.3 is 49.3 Å². The van der Waals surface area contributed by atoms with Gasteiger partial charge in [-0.05, 0) is 61.8 Å². The lowest BCUT2D eigenvalue weighted by Gasteiger charge is -2.30. The van der Waals surface area contributed by atoms with Crippen molar-refractivity contribution in [1.82, 2.24) is 40.4 Å². The molecule has 0 spiro atoms. The summed E-state index contributed by atoms with van der Waals surface area (Å²) in [4.78, 5) is 71.6. The summed E-state index contributed by atoms with van der Waals surface area (Å²) in [5.41, 5.74) is 4.76. The lowest BCUT2D eigenvalue weighted by molar-refractivity contribution is -0.136. The fourth-order valence-corrected chi connectivity index (χ4v) is 8.34. The van der Waals surface area contributed by atoms with E-state index in [0.29, 0.717) is 49.5 Å². The van der Waals surface area contributed by atoms with Gasteiger partial charge in [-0.25, -0.2) is 19.6 Å². The zero-order valence-corrected chi connectivity index (χ0v) is 36.3. The fourth-order valence-electron chi connectivity index (χ4n) is 8.34. The van der Waals surface area contributed by atoms with Crippen LogP contribution in [0.2, 0.25) is 0 Å². The van der Waals surface area contributed by atoms with Gasteiger partial charge in [-0.1, -0.05) is 53.7 Å². The molecule has 2 aromatic heterocycles. The van der Waals surface area contributed by atoms with Crippen molar-refractivity contribution in [2.75, 3.05) is 40.5 Å². The number of H-pyrrole nitrogens is 2. The second-order valence-corrected chi connectivity index (χ2v) is 17.6. The van der Waals surface area contributed by atoms with E-state index < -0.39 is 24.3 Å².